The highest BCUT2D eigenvalue weighted by atomic mass is 32.2. The first-order valence-corrected chi connectivity index (χ1v) is 7.33. The number of rotatable bonds is 2. The van der Waals surface area contributed by atoms with E-state index in [1.807, 2.05) is 13.8 Å². The Morgan fingerprint density at radius 1 is 1.50 bits per heavy atom. The molecular weight excluding hydrogens is 283 g/mol. The highest BCUT2D eigenvalue weighted by Gasteiger charge is 2.31. The van der Waals surface area contributed by atoms with Crippen molar-refractivity contribution in [3.63, 3.8) is 0 Å². The Balaban J connectivity index is 2.33. The number of nitrogens with zero attached hydrogens (tertiary/aromatic N) is 2. The lowest BCUT2D eigenvalue weighted by Gasteiger charge is -2.37. The van der Waals surface area contributed by atoms with Gasteiger partial charge < -0.3 is 4.90 Å². The first kappa shape index (κ1) is 14.8. The number of nitro benzene ring substituents is 1. The highest BCUT2D eigenvalue weighted by molar-refractivity contribution is 8.00. The zero-order valence-electron chi connectivity index (χ0n) is 11.2. The van der Waals surface area contributed by atoms with E-state index < -0.39 is 16.6 Å². The van der Waals surface area contributed by atoms with Gasteiger partial charge in [0.1, 0.15) is 5.82 Å². The van der Waals surface area contributed by atoms with Gasteiger partial charge in [0.2, 0.25) is 0 Å². The summed E-state index contributed by atoms with van der Waals surface area (Å²) < 4.78 is 13.8. The van der Waals surface area contributed by atoms with Gasteiger partial charge in [0.25, 0.3) is 11.6 Å². The molecule has 2 rings (SSSR count). The third-order valence-corrected chi connectivity index (χ3v) is 4.87. The van der Waals surface area contributed by atoms with Crippen molar-refractivity contribution in [3.8, 4) is 0 Å². The van der Waals surface area contributed by atoms with E-state index in [-0.39, 0.29) is 22.5 Å². The fourth-order valence-electron chi connectivity index (χ4n) is 2.17. The summed E-state index contributed by atoms with van der Waals surface area (Å²) in [6.07, 6.45) is 0. The van der Waals surface area contributed by atoms with Crippen molar-refractivity contribution in [3.05, 3.63) is 39.7 Å². The SMILES string of the molecule is CC1SCCN(C(=O)c2cc([N+](=O)[O-])ccc2F)C1C. The fourth-order valence-corrected chi connectivity index (χ4v) is 3.26. The predicted octanol–water partition coefficient (Wildman–Crippen LogP) is 2.70. The number of nitro groups is 1. The van der Waals surface area contributed by atoms with Crippen molar-refractivity contribution in [2.75, 3.05) is 12.3 Å². The molecule has 1 fully saturated rings. The number of halogens is 1. The van der Waals surface area contributed by atoms with Gasteiger partial charge >= 0.3 is 0 Å². The van der Waals surface area contributed by atoms with Crippen LogP contribution in [0.5, 0.6) is 0 Å². The summed E-state index contributed by atoms with van der Waals surface area (Å²) in [4.78, 5) is 24.1. The lowest BCUT2D eigenvalue weighted by molar-refractivity contribution is -0.384. The van der Waals surface area contributed by atoms with Crippen LogP contribution in [-0.4, -0.2) is 39.3 Å². The van der Waals surface area contributed by atoms with Crippen LogP contribution < -0.4 is 0 Å². The first-order chi connectivity index (χ1) is 9.41. The van der Waals surface area contributed by atoms with Gasteiger partial charge in [-0.1, -0.05) is 6.92 Å². The van der Waals surface area contributed by atoms with Crippen molar-refractivity contribution in [2.45, 2.75) is 25.1 Å². The van der Waals surface area contributed by atoms with Gasteiger partial charge in [-0.15, -0.1) is 0 Å². The molecule has 1 aliphatic heterocycles. The van der Waals surface area contributed by atoms with Gasteiger partial charge in [0.05, 0.1) is 10.5 Å². The number of benzene rings is 1. The number of amides is 1. The van der Waals surface area contributed by atoms with Crippen molar-refractivity contribution < 1.29 is 14.1 Å². The van der Waals surface area contributed by atoms with Crippen LogP contribution in [0.25, 0.3) is 0 Å². The van der Waals surface area contributed by atoms with Crippen LogP contribution in [0.15, 0.2) is 18.2 Å². The van der Waals surface area contributed by atoms with E-state index in [2.05, 4.69) is 0 Å². The summed E-state index contributed by atoms with van der Waals surface area (Å²) in [6, 6.07) is 3.01. The molecule has 5 nitrogen and oxygen atoms in total. The van der Waals surface area contributed by atoms with Gasteiger partial charge in [-0.3, -0.25) is 14.9 Å². The van der Waals surface area contributed by atoms with E-state index in [1.165, 1.54) is 0 Å². The molecule has 0 spiro atoms. The van der Waals surface area contributed by atoms with Gasteiger partial charge in [-0.05, 0) is 13.0 Å². The van der Waals surface area contributed by atoms with Gasteiger partial charge in [0.15, 0.2) is 0 Å². The molecule has 0 aliphatic carbocycles. The average molecular weight is 298 g/mol. The number of carbonyl (C=O) groups excluding carboxylic acids is 1. The van der Waals surface area contributed by atoms with Crippen LogP contribution in [0, 0.1) is 15.9 Å². The topological polar surface area (TPSA) is 63.5 Å². The second kappa shape index (κ2) is 5.78. The number of hydrogen-bond donors (Lipinski definition) is 0. The fraction of sp³-hybridized carbons (Fsp3) is 0.462. The molecule has 0 bridgehead atoms. The Morgan fingerprint density at radius 3 is 2.85 bits per heavy atom. The van der Waals surface area contributed by atoms with Crippen molar-refractivity contribution >= 4 is 23.4 Å². The van der Waals surface area contributed by atoms with E-state index in [4.69, 9.17) is 0 Å². The molecule has 1 aromatic carbocycles. The summed E-state index contributed by atoms with van der Waals surface area (Å²) in [5.41, 5.74) is -0.507. The van der Waals surface area contributed by atoms with Crippen LogP contribution in [0.1, 0.15) is 24.2 Å². The van der Waals surface area contributed by atoms with Crippen LogP contribution in [-0.2, 0) is 0 Å². The van der Waals surface area contributed by atoms with Crippen LogP contribution in [0.4, 0.5) is 10.1 Å². The minimum absolute atomic E-state index is 0.0279. The molecule has 0 saturated carbocycles. The van der Waals surface area contributed by atoms with Crippen LogP contribution in [0.2, 0.25) is 0 Å². The molecule has 7 heteroatoms. The van der Waals surface area contributed by atoms with E-state index >= 15 is 0 Å². The Kier molecular flexibility index (Phi) is 4.27. The summed E-state index contributed by atoms with van der Waals surface area (Å²) in [6.45, 7) is 4.44. The van der Waals surface area contributed by atoms with Gasteiger partial charge in [-0.2, -0.15) is 11.8 Å². The van der Waals surface area contributed by atoms with Gasteiger partial charge in [0, 0.05) is 35.7 Å². The van der Waals surface area contributed by atoms with Crippen molar-refractivity contribution in [1.29, 1.82) is 0 Å². The molecule has 2 unspecified atom stereocenters. The first-order valence-electron chi connectivity index (χ1n) is 6.28. The number of non-ortho nitro benzene ring substituents is 1. The Labute approximate surface area is 120 Å². The highest BCUT2D eigenvalue weighted by Crippen LogP contribution is 2.27. The zero-order valence-corrected chi connectivity index (χ0v) is 12.0. The molecule has 0 radical (unpaired) electrons. The molecule has 0 N–H and O–H groups in total. The molecule has 20 heavy (non-hydrogen) atoms. The molecule has 1 heterocycles. The zero-order chi connectivity index (χ0) is 14.9. The largest absolute Gasteiger partial charge is 0.334 e. The van der Waals surface area contributed by atoms with E-state index in [9.17, 15) is 19.3 Å². The summed E-state index contributed by atoms with van der Waals surface area (Å²) in [7, 11) is 0. The van der Waals surface area contributed by atoms with E-state index in [1.54, 1.807) is 16.7 Å². The smallest absolute Gasteiger partial charge is 0.270 e. The molecule has 1 saturated heterocycles. The Bertz CT molecular complexity index is 552. The third-order valence-electron chi connectivity index (χ3n) is 3.54. The van der Waals surface area contributed by atoms with Crippen LogP contribution >= 0.6 is 11.8 Å². The lowest BCUT2D eigenvalue weighted by Crippen LogP contribution is -2.48. The molecule has 1 aliphatic rings. The molecule has 108 valence electrons. The predicted molar refractivity (Wildman–Crippen MR) is 75.5 cm³/mol. The average Bonchev–Trinajstić information content (AvgIpc) is 2.41. The maximum atomic E-state index is 13.8. The van der Waals surface area contributed by atoms with Crippen molar-refractivity contribution in [1.82, 2.24) is 4.90 Å². The molecular formula is C13H15FN2O3S. The second-order valence-corrected chi connectivity index (χ2v) is 6.22. The van der Waals surface area contributed by atoms with Crippen LogP contribution in [0.3, 0.4) is 0 Å². The third kappa shape index (κ3) is 2.77. The minimum atomic E-state index is -0.723. The van der Waals surface area contributed by atoms with E-state index in [0.29, 0.717) is 6.54 Å². The lowest BCUT2D eigenvalue weighted by atomic mass is 10.1. The number of carbonyl (C=O) groups is 1. The molecule has 1 amide bonds. The normalized spacial score (nSPS) is 22.6. The molecule has 1 aromatic rings. The Morgan fingerprint density at radius 2 is 2.20 bits per heavy atom. The molecule has 2 atom stereocenters. The summed E-state index contributed by atoms with van der Waals surface area (Å²) in [5, 5.41) is 11.0. The second-order valence-electron chi connectivity index (χ2n) is 4.74. The van der Waals surface area contributed by atoms with Crippen molar-refractivity contribution in [2.24, 2.45) is 0 Å². The van der Waals surface area contributed by atoms with Gasteiger partial charge in [-0.25, -0.2) is 4.39 Å². The quantitative estimate of drug-likeness (QED) is 0.622. The minimum Gasteiger partial charge on any atom is -0.334 e. The number of hydrogen-bond acceptors (Lipinski definition) is 4. The maximum absolute atomic E-state index is 13.8. The van der Waals surface area contributed by atoms with E-state index in [0.717, 1.165) is 24.0 Å². The standard InChI is InChI=1S/C13H15FN2O3S/c1-8-9(2)20-6-5-15(8)13(17)11-7-10(16(18)19)3-4-12(11)14/h3-4,7-9H,5-6H2,1-2H3. The Hall–Kier alpha value is -1.63. The number of thioether (sulfide) groups is 1. The summed E-state index contributed by atoms with van der Waals surface area (Å²) >= 11 is 1.76. The molecule has 0 aromatic heterocycles. The summed E-state index contributed by atoms with van der Waals surface area (Å²) in [5.74, 6) is -0.419. The maximum Gasteiger partial charge on any atom is 0.270 e. The monoisotopic (exact) mass is 298 g/mol.